The normalized spacial score (nSPS) is 11.0. The summed E-state index contributed by atoms with van der Waals surface area (Å²) in [7, 11) is 0. The highest BCUT2D eigenvalue weighted by molar-refractivity contribution is 5.69. The summed E-state index contributed by atoms with van der Waals surface area (Å²) in [4.78, 5) is 2.38. The first kappa shape index (κ1) is 9.96. The summed E-state index contributed by atoms with van der Waals surface area (Å²) in [6.45, 7) is 2.84. The number of benzene rings is 1. The van der Waals surface area contributed by atoms with E-state index in [2.05, 4.69) is 12.0 Å². The minimum absolute atomic E-state index is 0.647. The average molecular weight is 205 g/mol. The van der Waals surface area contributed by atoms with E-state index in [0.29, 0.717) is 12.1 Å². The lowest BCUT2D eigenvalue weighted by Crippen LogP contribution is -2.38. The number of unbranched alkanes of at least 4 members (excludes halogenated alkanes) is 2. The van der Waals surface area contributed by atoms with Gasteiger partial charge in [-0.3, -0.25) is 0 Å². The first-order chi connectivity index (χ1) is 7.33. The van der Waals surface area contributed by atoms with Crippen molar-refractivity contribution in [2.24, 2.45) is 0 Å². The van der Waals surface area contributed by atoms with Crippen LogP contribution in [0.3, 0.4) is 0 Å². The summed E-state index contributed by atoms with van der Waals surface area (Å²) in [6, 6.07) is 7.41. The van der Waals surface area contributed by atoms with E-state index in [4.69, 9.17) is 0 Å². The number of fused-ring (bicyclic) bond motifs is 1. The van der Waals surface area contributed by atoms with Crippen molar-refractivity contribution < 1.29 is 4.85 Å². The van der Waals surface area contributed by atoms with Crippen LogP contribution >= 0.6 is 0 Å². The van der Waals surface area contributed by atoms with Gasteiger partial charge in [-0.15, -0.1) is 0 Å². The molecule has 0 radical (unpaired) electrons. The summed E-state index contributed by atoms with van der Waals surface area (Å²) in [5, 5.41) is 16.0. The largest absolute Gasteiger partial charge is 0.692 e. The van der Waals surface area contributed by atoms with Crippen molar-refractivity contribution in [3.05, 3.63) is 29.5 Å². The Morgan fingerprint density at radius 2 is 2.13 bits per heavy atom. The fourth-order valence-corrected chi connectivity index (χ4v) is 1.64. The van der Waals surface area contributed by atoms with E-state index in [1.807, 2.05) is 18.2 Å². The van der Waals surface area contributed by atoms with Gasteiger partial charge in [-0.25, -0.2) is 0 Å². The van der Waals surface area contributed by atoms with Crippen molar-refractivity contribution in [1.29, 1.82) is 0 Å². The second-order valence-corrected chi connectivity index (χ2v) is 3.66. The molecule has 0 unspecified atom stereocenters. The molecule has 2 rings (SSSR count). The zero-order chi connectivity index (χ0) is 10.7. The second kappa shape index (κ2) is 4.29. The monoisotopic (exact) mass is 205 g/mol. The van der Waals surface area contributed by atoms with E-state index in [9.17, 15) is 5.21 Å². The van der Waals surface area contributed by atoms with Crippen molar-refractivity contribution in [2.45, 2.75) is 32.7 Å². The molecule has 4 nitrogen and oxygen atoms in total. The fourth-order valence-electron chi connectivity index (χ4n) is 1.64. The first-order valence-corrected chi connectivity index (χ1v) is 5.38. The Morgan fingerprint density at radius 3 is 2.87 bits per heavy atom. The van der Waals surface area contributed by atoms with Crippen LogP contribution < -0.4 is 4.85 Å². The smallest absolute Gasteiger partial charge is 0.249 e. The van der Waals surface area contributed by atoms with Crippen LogP contribution in [0.2, 0.25) is 0 Å². The van der Waals surface area contributed by atoms with Crippen LogP contribution in [0.1, 0.15) is 26.2 Å². The molecule has 80 valence electrons. The number of hydrogen-bond acceptors (Lipinski definition) is 2. The molecular weight excluding hydrogens is 190 g/mol. The lowest BCUT2D eigenvalue weighted by molar-refractivity contribution is -0.676. The van der Waals surface area contributed by atoms with Gasteiger partial charge in [0.2, 0.25) is 11.0 Å². The first-order valence-electron chi connectivity index (χ1n) is 5.38. The van der Waals surface area contributed by atoms with Crippen LogP contribution in [-0.4, -0.2) is 9.90 Å². The van der Waals surface area contributed by atoms with Crippen molar-refractivity contribution in [1.82, 2.24) is 9.90 Å². The van der Waals surface area contributed by atoms with Gasteiger partial charge < -0.3 is 5.21 Å². The Kier molecular flexibility index (Phi) is 2.85. The summed E-state index contributed by atoms with van der Waals surface area (Å²) in [5.41, 5.74) is 1.41. The highest BCUT2D eigenvalue weighted by Gasteiger charge is 2.11. The Bertz CT molecular complexity index is 450. The Labute approximate surface area is 88.7 Å². The van der Waals surface area contributed by atoms with Crippen LogP contribution in [0.25, 0.3) is 11.0 Å². The molecule has 1 aromatic heterocycles. The predicted octanol–water partition coefficient (Wildman–Crippen LogP) is 1.86. The molecule has 0 spiro atoms. The van der Waals surface area contributed by atoms with Crippen molar-refractivity contribution in [2.75, 3.05) is 0 Å². The summed E-state index contributed by atoms with van der Waals surface area (Å²) >= 11 is 0. The minimum atomic E-state index is 0.647. The predicted molar refractivity (Wildman–Crippen MR) is 58.2 cm³/mol. The summed E-state index contributed by atoms with van der Waals surface area (Å²) in [5.74, 6) is 0. The van der Waals surface area contributed by atoms with Crippen LogP contribution in [-0.2, 0) is 6.54 Å². The maximum Gasteiger partial charge on any atom is 0.249 e. The summed E-state index contributed by atoms with van der Waals surface area (Å²) in [6.07, 6.45) is 3.29. The number of aryl methyl sites for hydroxylation is 1. The molecule has 0 saturated heterocycles. The van der Waals surface area contributed by atoms with E-state index in [1.165, 1.54) is 4.80 Å². The minimum Gasteiger partial charge on any atom is -0.692 e. The Balaban J connectivity index is 2.24. The Morgan fingerprint density at radius 1 is 1.33 bits per heavy atom. The molecule has 0 aliphatic heterocycles. The van der Waals surface area contributed by atoms with E-state index >= 15 is 0 Å². The quantitative estimate of drug-likeness (QED) is 0.434. The number of rotatable bonds is 4. The standard InChI is InChI=1S/C11H15N3O/c1-2-3-6-9-13-12-10-7-4-5-8-11(10)14(13)15/h4-5,7-8H,2-3,6,9H2,1H3. The maximum absolute atomic E-state index is 11.7. The molecule has 1 aromatic carbocycles. The molecule has 0 aliphatic carbocycles. The van der Waals surface area contributed by atoms with Gasteiger partial charge in [-0.05, 0) is 23.4 Å². The molecule has 2 aromatic rings. The van der Waals surface area contributed by atoms with E-state index in [-0.39, 0.29) is 0 Å². The fraction of sp³-hybridized carbons (Fsp3) is 0.455. The lowest BCUT2D eigenvalue weighted by atomic mass is 10.2. The molecule has 0 aliphatic rings. The van der Waals surface area contributed by atoms with Gasteiger partial charge >= 0.3 is 0 Å². The molecule has 0 fully saturated rings. The molecule has 0 saturated carbocycles. The molecule has 0 amide bonds. The van der Waals surface area contributed by atoms with E-state index in [1.54, 1.807) is 6.07 Å². The average Bonchev–Trinajstić information content (AvgIpc) is 2.57. The Hall–Kier alpha value is -1.58. The van der Waals surface area contributed by atoms with Gasteiger partial charge in [0.25, 0.3) is 0 Å². The van der Waals surface area contributed by atoms with Crippen LogP contribution in [0.5, 0.6) is 0 Å². The molecular formula is C11H15N3O. The van der Waals surface area contributed by atoms with Gasteiger partial charge in [0.1, 0.15) is 6.54 Å². The highest BCUT2D eigenvalue weighted by Crippen LogP contribution is 2.06. The molecule has 0 bridgehead atoms. The number of hydrogen-bond donors (Lipinski definition) is 0. The van der Waals surface area contributed by atoms with Gasteiger partial charge in [0.05, 0.1) is 0 Å². The molecule has 1 heterocycles. The maximum atomic E-state index is 11.7. The van der Waals surface area contributed by atoms with Crippen LogP contribution in [0.4, 0.5) is 0 Å². The SMILES string of the molecule is CCCCCn1nc2ccccc2[n+]1[O-]. The van der Waals surface area contributed by atoms with Crippen molar-refractivity contribution >= 4 is 11.0 Å². The van der Waals surface area contributed by atoms with Gasteiger partial charge in [0.15, 0.2) is 0 Å². The third-order valence-electron chi connectivity index (χ3n) is 2.48. The van der Waals surface area contributed by atoms with Crippen molar-refractivity contribution in [3.8, 4) is 0 Å². The third-order valence-corrected chi connectivity index (χ3v) is 2.48. The lowest BCUT2D eigenvalue weighted by Gasteiger charge is -2.02. The number of nitrogens with zero attached hydrogens (tertiary/aromatic N) is 3. The number of aromatic nitrogens is 3. The van der Waals surface area contributed by atoms with E-state index < -0.39 is 0 Å². The molecule has 15 heavy (non-hydrogen) atoms. The topological polar surface area (TPSA) is 44.8 Å². The van der Waals surface area contributed by atoms with E-state index in [0.717, 1.165) is 29.6 Å². The van der Waals surface area contributed by atoms with Gasteiger partial charge in [0, 0.05) is 5.10 Å². The van der Waals surface area contributed by atoms with Crippen LogP contribution in [0.15, 0.2) is 24.3 Å². The zero-order valence-corrected chi connectivity index (χ0v) is 8.89. The highest BCUT2D eigenvalue weighted by atomic mass is 16.5. The second-order valence-electron chi connectivity index (χ2n) is 3.66. The van der Waals surface area contributed by atoms with Crippen LogP contribution in [0, 0.1) is 5.21 Å². The van der Waals surface area contributed by atoms with Gasteiger partial charge in [-0.2, -0.15) is 4.85 Å². The van der Waals surface area contributed by atoms with Gasteiger partial charge in [-0.1, -0.05) is 31.9 Å². The summed E-state index contributed by atoms with van der Waals surface area (Å²) < 4.78 is 0. The third kappa shape index (κ3) is 1.93. The molecule has 4 heteroatoms. The van der Waals surface area contributed by atoms with Crippen molar-refractivity contribution in [3.63, 3.8) is 0 Å². The molecule has 0 N–H and O–H groups in total. The molecule has 0 atom stereocenters. The number of para-hydroxylation sites is 1. The zero-order valence-electron chi connectivity index (χ0n) is 8.89.